The minimum atomic E-state index is -0.412. The molecular formula is C17H13ClN2O3S. The molecule has 1 heterocycles. The fraction of sp³-hybridized carbons (Fsp3) is 0.118. The van der Waals surface area contributed by atoms with E-state index < -0.39 is 5.97 Å². The van der Waals surface area contributed by atoms with E-state index >= 15 is 0 Å². The third-order valence-electron chi connectivity index (χ3n) is 3.46. The lowest BCUT2D eigenvalue weighted by atomic mass is 10.1. The molecule has 0 saturated carbocycles. The van der Waals surface area contributed by atoms with Crippen LogP contribution in [0.15, 0.2) is 36.4 Å². The van der Waals surface area contributed by atoms with E-state index in [4.69, 9.17) is 16.3 Å². The number of aromatic nitrogens is 1. The van der Waals surface area contributed by atoms with E-state index in [1.807, 2.05) is 6.92 Å². The van der Waals surface area contributed by atoms with Crippen molar-refractivity contribution in [3.8, 4) is 0 Å². The molecule has 0 atom stereocenters. The van der Waals surface area contributed by atoms with Crippen molar-refractivity contribution in [1.82, 2.24) is 4.98 Å². The van der Waals surface area contributed by atoms with Gasteiger partial charge in [-0.25, -0.2) is 9.78 Å². The van der Waals surface area contributed by atoms with Crippen LogP contribution in [-0.2, 0) is 4.74 Å². The van der Waals surface area contributed by atoms with Gasteiger partial charge in [0.15, 0.2) is 5.13 Å². The summed E-state index contributed by atoms with van der Waals surface area (Å²) in [4.78, 5) is 28.2. The molecule has 1 N–H and O–H groups in total. The first kappa shape index (κ1) is 16.4. The van der Waals surface area contributed by atoms with Gasteiger partial charge in [-0.3, -0.25) is 10.1 Å². The molecule has 1 amide bonds. The Morgan fingerprint density at radius 2 is 1.92 bits per heavy atom. The second kappa shape index (κ2) is 6.59. The number of carbonyl (C=O) groups is 2. The average molecular weight is 361 g/mol. The lowest BCUT2D eigenvalue weighted by Crippen LogP contribution is -2.11. The highest BCUT2D eigenvalue weighted by Crippen LogP contribution is 2.27. The van der Waals surface area contributed by atoms with E-state index in [2.05, 4.69) is 10.3 Å². The van der Waals surface area contributed by atoms with Crippen LogP contribution in [0.2, 0.25) is 5.02 Å². The highest BCUT2D eigenvalue weighted by Gasteiger charge is 2.13. The normalized spacial score (nSPS) is 10.6. The molecule has 0 saturated heterocycles. The number of ether oxygens (including phenoxy) is 1. The van der Waals surface area contributed by atoms with Crippen LogP contribution in [0.1, 0.15) is 26.3 Å². The number of rotatable bonds is 3. The number of esters is 1. The summed E-state index contributed by atoms with van der Waals surface area (Å²) in [6.45, 7) is 1.87. The minimum absolute atomic E-state index is 0.288. The number of aryl methyl sites for hydroxylation is 1. The standard InChI is InChI=1S/C17H13ClN2O3S/c1-9-3-4-10(7-12(9)18)15(21)20-17-19-13-6-5-11(16(22)23-2)8-14(13)24-17/h3-8H,1-2H3,(H,19,20,21). The molecule has 0 aliphatic rings. The Hall–Kier alpha value is -2.44. The van der Waals surface area contributed by atoms with E-state index in [1.165, 1.54) is 18.4 Å². The maximum absolute atomic E-state index is 12.3. The van der Waals surface area contributed by atoms with Gasteiger partial charge in [0.25, 0.3) is 5.91 Å². The molecule has 0 spiro atoms. The van der Waals surface area contributed by atoms with Gasteiger partial charge in [0, 0.05) is 10.6 Å². The van der Waals surface area contributed by atoms with Crippen LogP contribution in [0, 0.1) is 6.92 Å². The van der Waals surface area contributed by atoms with Crippen molar-refractivity contribution < 1.29 is 14.3 Å². The average Bonchev–Trinajstić information content (AvgIpc) is 2.97. The smallest absolute Gasteiger partial charge is 0.337 e. The Kier molecular flexibility index (Phi) is 4.51. The van der Waals surface area contributed by atoms with Gasteiger partial charge in [0.05, 0.1) is 22.9 Å². The first-order chi connectivity index (χ1) is 11.5. The predicted octanol–water partition coefficient (Wildman–Crippen LogP) is 4.30. The number of hydrogen-bond donors (Lipinski definition) is 1. The Morgan fingerprint density at radius 1 is 1.17 bits per heavy atom. The lowest BCUT2D eigenvalue weighted by Gasteiger charge is -2.03. The Morgan fingerprint density at radius 3 is 2.62 bits per heavy atom. The summed E-state index contributed by atoms with van der Waals surface area (Å²) in [6, 6.07) is 10.2. The number of anilines is 1. The largest absolute Gasteiger partial charge is 0.465 e. The summed E-state index contributed by atoms with van der Waals surface area (Å²) in [5.41, 5.74) is 2.50. The van der Waals surface area contributed by atoms with Gasteiger partial charge < -0.3 is 4.74 Å². The highest BCUT2D eigenvalue weighted by molar-refractivity contribution is 7.22. The third kappa shape index (κ3) is 3.25. The number of carbonyl (C=O) groups excluding carboxylic acids is 2. The second-order valence-corrected chi connectivity index (χ2v) is 6.55. The van der Waals surface area contributed by atoms with Crippen LogP contribution in [-0.4, -0.2) is 24.0 Å². The number of methoxy groups -OCH3 is 1. The number of nitrogens with zero attached hydrogens (tertiary/aromatic N) is 1. The number of halogens is 1. The summed E-state index contributed by atoms with van der Waals surface area (Å²) < 4.78 is 5.49. The molecule has 0 aliphatic heterocycles. The van der Waals surface area contributed by atoms with Crippen LogP contribution in [0.25, 0.3) is 10.2 Å². The van der Waals surface area contributed by atoms with Crippen molar-refractivity contribution in [3.05, 3.63) is 58.1 Å². The summed E-state index contributed by atoms with van der Waals surface area (Å²) in [7, 11) is 1.33. The predicted molar refractivity (Wildman–Crippen MR) is 95.1 cm³/mol. The SMILES string of the molecule is COC(=O)c1ccc2nc(NC(=O)c3ccc(C)c(Cl)c3)sc2c1. The summed E-state index contributed by atoms with van der Waals surface area (Å²) in [6.07, 6.45) is 0. The maximum atomic E-state index is 12.3. The zero-order valence-corrected chi connectivity index (χ0v) is 14.5. The monoisotopic (exact) mass is 360 g/mol. The molecule has 0 fully saturated rings. The molecule has 24 heavy (non-hydrogen) atoms. The molecule has 0 unspecified atom stereocenters. The van der Waals surface area contributed by atoms with Gasteiger partial charge in [-0.2, -0.15) is 0 Å². The molecule has 3 aromatic rings. The lowest BCUT2D eigenvalue weighted by molar-refractivity contribution is 0.0601. The van der Waals surface area contributed by atoms with Gasteiger partial charge in [0.2, 0.25) is 0 Å². The number of amides is 1. The van der Waals surface area contributed by atoms with E-state index in [0.29, 0.717) is 26.8 Å². The molecule has 7 heteroatoms. The van der Waals surface area contributed by atoms with E-state index in [9.17, 15) is 9.59 Å². The number of thiazole rings is 1. The zero-order valence-electron chi connectivity index (χ0n) is 12.9. The van der Waals surface area contributed by atoms with E-state index in [1.54, 1.807) is 36.4 Å². The maximum Gasteiger partial charge on any atom is 0.337 e. The molecule has 3 rings (SSSR count). The summed E-state index contributed by atoms with van der Waals surface area (Å²) in [5.74, 6) is -0.700. The molecule has 0 bridgehead atoms. The van der Waals surface area contributed by atoms with Gasteiger partial charge in [-0.1, -0.05) is 29.0 Å². The van der Waals surface area contributed by atoms with Gasteiger partial charge >= 0.3 is 5.97 Å². The molecule has 5 nitrogen and oxygen atoms in total. The zero-order chi connectivity index (χ0) is 17.3. The fourth-order valence-electron chi connectivity index (χ4n) is 2.13. The Balaban J connectivity index is 1.85. The molecule has 122 valence electrons. The van der Waals surface area contributed by atoms with Gasteiger partial charge in [-0.15, -0.1) is 0 Å². The van der Waals surface area contributed by atoms with Crippen molar-refractivity contribution >= 4 is 50.2 Å². The van der Waals surface area contributed by atoms with Crippen molar-refractivity contribution in [1.29, 1.82) is 0 Å². The third-order valence-corrected chi connectivity index (χ3v) is 4.80. The molecule has 1 aromatic heterocycles. The molecule has 0 radical (unpaired) electrons. The second-order valence-electron chi connectivity index (χ2n) is 5.11. The first-order valence-corrected chi connectivity index (χ1v) is 8.24. The molecule has 0 aliphatic carbocycles. The summed E-state index contributed by atoms with van der Waals surface area (Å²) >= 11 is 7.33. The van der Waals surface area contributed by atoms with Crippen LogP contribution < -0.4 is 5.32 Å². The number of nitrogens with one attached hydrogen (secondary N) is 1. The highest BCUT2D eigenvalue weighted by atomic mass is 35.5. The van der Waals surface area contributed by atoms with Crippen LogP contribution in [0.5, 0.6) is 0 Å². The summed E-state index contributed by atoms with van der Waals surface area (Å²) in [5, 5.41) is 3.74. The molecular weight excluding hydrogens is 348 g/mol. The quantitative estimate of drug-likeness (QED) is 0.707. The first-order valence-electron chi connectivity index (χ1n) is 7.04. The van der Waals surface area contributed by atoms with Crippen LogP contribution >= 0.6 is 22.9 Å². The van der Waals surface area contributed by atoms with E-state index in [0.717, 1.165) is 10.3 Å². The Labute approximate surface area is 147 Å². The van der Waals surface area contributed by atoms with Crippen LogP contribution in [0.3, 0.4) is 0 Å². The number of benzene rings is 2. The minimum Gasteiger partial charge on any atom is -0.465 e. The van der Waals surface area contributed by atoms with E-state index in [-0.39, 0.29) is 5.91 Å². The number of hydrogen-bond acceptors (Lipinski definition) is 5. The van der Waals surface area contributed by atoms with Crippen molar-refractivity contribution in [2.75, 3.05) is 12.4 Å². The van der Waals surface area contributed by atoms with Gasteiger partial charge in [-0.05, 0) is 42.8 Å². The topological polar surface area (TPSA) is 68.3 Å². The van der Waals surface area contributed by atoms with Gasteiger partial charge in [0.1, 0.15) is 0 Å². The molecule has 2 aromatic carbocycles. The Bertz CT molecular complexity index is 952. The fourth-order valence-corrected chi connectivity index (χ4v) is 3.21. The number of fused-ring (bicyclic) bond motifs is 1. The van der Waals surface area contributed by atoms with Crippen molar-refractivity contribution in [2.24, 2.45) is 0 Å². The van der Waals surface area contributed by atoms with Crippen LogP contribution in [0.4, 0.5) is 5.13 Å². The van der Waals surface area contributed by atoms with Crippen molar-refractivity contribution in [3.63, 3.8) is 0 Å². The van der Waals surface area contributed by atoms with Crippen molar-refractivity contribution in [2.45, 2.75) is 6.92 Å².